The van der Waals surface area contributed by atoms with Gasteiger partial charge in [-0.1, -0.05) is 231 Å². The number of aromatic nitrogens is 1. The Morgan fingerprint density at radius 3 is 1.19 bits per heavy atom. The van der Waals surface area contributed by atoms with Crippen molar-refractivity contribution in [2.45, 2.75) is 0 Å². The molecule has 0 radical (unpaired) electrons. The first-order chi connectivity index (χ1) is 35.7. The number of hydrogen-bond donors (Lipinski definition) is 0. The number of anilines is 3. The van der Waals surface area contributed by atoms with Gasteiger partial charge in [-0.2, -0.15) is 0 Å². The van der Waals surface area contributed by atoms with Crippen LogP contribution in [0.15, 0.2) is 291 Å². The summed E-state index contributed by atoms with van der Waals surface area (Å²) in [6, 6.07) is 106. The number of hydrogen-bond acceptors (Lipinski definition) is 1. The first kappa shape index (κ1) is 42.6. The van der Waals surface area contributed by atoms with Crippen molar-refractivity contribution in [3.8, 4) is 72.4 Å². The lowest BCUT2D eigenvalue weighted by atomic mass is 9.87. The summed E-state index contributed by atoms with van der Waals surface area (Å²) in [4.78, 5) is 2.38. The average Bonchev–Trinajstić information content (AvgIpc) is 3.80. The van der Waals surface area contributed by atoms with E-state index in [1.807, 2.05) is 0 Å². The van der Waals surface area contributed by atoms with Gasteiger partial charge in [-0.05, 0) is 138 Å². The molecule has 1 heterocycles. The van der Waals surface area contributed by atoms with Crippen molar-refractivity contribution in [3.05, 3.63) is 291 Å². The molecular weight excluding hydrogens is 869 g/mol. The lowest BCUT2D eigenvalue weighted by molar-refractivity contribution is 1.18. The molecular formula is C70H48N2. The molecule has 0 saturated heterocycles. The molecule has 338 valence electrons. The standard InChI is InChI=1S/C70H48N2/c1-2-18-51(19-3-1)60-25-6-8-27-63(60)65-29-10-11-30-66(65)64-28-9-7-26-61(64)53-40-46-56(47-41-53)71(58-23-16-22-54(48-58)62-33-17-21-52-20-4-5-24-59(52)62)55-42-36-49(37-43-55)50-38-44-57(45-39-50)72-69-34-14-12-31-67(69)68-32-13-15-35-70(68)72/h1-48H. The predicted octanol–water partition coefficient (Wildman–Crippen LogP) is 19.4. The minimum Gasteiger partial charge on any atom is -0.310 e. The molecule has 0 atom stereocenters. The van der Waals surface area contributed by atoms with Crippen LogP contribution in [0.25, 0.3) is 105 Å². The lowest BCUT2D eigenvalue weighted by Gasteiger charge is -2.27. The highest BCUT2D eigenvalue weighted by molar-refractivity contribution is 6.09. The van der Waals surface area contributed by atoms with E-state index in [1.165, 1.54) is 88.2 Å². The van der Waals surface area contributed by atoms with E-state index < -0.39 is 0 Å². The second-order valence-electron chi connectivity index (χ2n) is 18.4. The number of nitrogens with zero attached hydrogens (tertiary/aromatic N) is 2. The topological polar surface area (TPSA) is 8.17 Å². The predicted molar refractivity (Wildman–Crippen MR) is 306 cm³/mol. The molecule has 0 aliphatic carbocycles. The maximum Gasteiger partial charge on any atom is 0.0541 e. The van der Waals surface area contributed by atoms with Crippen LogP contribution in [0.2, 0.25) is 0 Å². The summed E-state index contributed by atoms with van der Waals surface area (Å²) in [5, 5.41) is 5.00. The summed E-state index contributed by atoms with van der Waals surface area (Å²) in [5.74, 6) is 0. The zero-order valence-electron chi connectivity index (χ0n) is 39.6. The van der Waals surface area contributed by atoms with Crippen LogP contribution in [0.5, 0.6) is 0 Å². The molecule has 1 aromatic heterocycles. The van der Waals surface area contributed by atoms with Gasteiger partial charge in [0.25, 0.3) is 0 Å². The zero-order chi connectivity index (χ0) is 47.8. The maximum absolute atomic E-state index is 2.38. The summed E-state index contributed by atoms with van der Waals surface area (Å²) >= 11 is 0. The van der Waals surface area contributed by atoms with E-state index >= 15 is 0 Å². The Labute approximate surface area is 420 Å². The third-order valence-electron chi connectivity index (χ3n) is 14.3. The van der Waals surface area contributed by atoms with Gasteiger partial charge in [-0.15, -0.1) is 0 Å². The van der Waals surface area contributed by atoms with E-state index in [0.29, 0.717) is 0 Å². The highest BCUT2D eigenvalue weighted by Crippen LogP contribution is 2.44. The van der Waals surface area contributed by atoms with Gasteiger partial charge in [0.2, 0.25) is 0 Å². The number of fused-ring (bicyclic) bond motifs is 4. The number of rotatable bonds is 10. The maximum atomic E-state index is 2.38. The van der Waals surface area contributed by atoms with Crippen LogP contribution in [-0.2, 0) is 0 Å². The van der Waals surface area contributed by atoms with Crippen LogP contribution in [0.4, 0.5) is 17.1 Å². The molecule has 0 N–H and O–H groups in total. The summed E-state index contributed by atoms with van der Waals surface area (Å²) in [6.45, 7) is 0. The highest BCUT2D eigenvalue weighted by Gasteiger charge is 2.19. The Balaban J connectivity index is 0.877. The molecule has 0 aliphatic heterocycles. The molecule has 13 rings (SSSR count). The SMILES string of the molecule is c1ccc(-c2ccccc2-c2ccccc2-c2ccccc2-c2ccc(N(c3ccc(-c4ccc(-n5c6ccccc6c6ccccc65)cc4)cc3)c3cccc(-c4cccc5ccccc45)c3)cc2)cc1. The normalized spacial score (nSPS) is 11.3. The average molecular weight is 917 g/mol. The summed E-state index contributed by atoms with van der Waals surface area (Å²) in [5.41, 5.74) is 21.1. The van der Waals surface area contributed by atoms with Gasteiger partial charge in [-0.3, -0.25) is 0 Å². The molecule has 2 heteroatoms. The van der Waals surface area contributed by atoms with E-state index in [1.54, 1.807) is 0 Å². The first-order valence-corrected chi connectivity index (χ1v) is 24.7. The second kappa shape index (κ2) is 18.4. The molecule has 12 aromatic carbocycles. The fourth-order valence-corrected chi connectivity index (χ4v) is 10.8. The Morgan fingerprint density at radius 1 is 0.222 bits per heavy atom. The van der Waals surface area contributed by atoms with Crippen LogP contribution in [0.1, 0.15) is 0 Å². The molecule has 72 heavy (non-hydrogen) atoms. The van der Waals surface area contributed by atoms with Crippen LogP contribution in [0, 0.1) is 0 Å². The Morgan fingerprint density at radius 2 is 0.611 bits per heavy atom. The third-order valence-corrected chi connectivity index (χ3v) is 14.3. The van der Waals surface area contributed by atoms with E-state index in [0.717, 1.165) is 33.9 Å². The van der Waals surface area contributed by atoms with Crippen molar-refractivity contribution in [1.29, 1.82) is 0 Å². The van der Waals surface area contributed by atoms with Crippen molar-refractivity contribution in [1.82, 2.24) is 4.57 Å². The van der Waals surface area contributed by atoms with Gasteiger partial charge in [0.05, 0.1) is 11.0 Å². The molecule has 2 nitrogen and oxygen atoms in total. The van der Waals surface area contributed by atoms with Gasteiger partial charge in [0.1, 0.15) is 0 Å². The van der Waals surface area contributed by atoms with Crippen LogP contribution in [-0.4, -0.2) is 4.57 Å². The molecule has 13 aromatic rings. The van der Waals surface area contributed by atoms with E-state index in [-0.39, 0.29) is 0 Å². The molecule has 0 bridgehead atoms. The zero-order valence-corrected chi connectivity index (χ0v) is 39.6. The minimum atomic E-state index is 1.08. The summed E-state index contributed by atoms with van der Waals surface area (Å²) in [7, 11) is 0. The highest BCUT2D eigenvalue weighted by atomic mass is 15.1. The number of benzene rings is 12. The fraction of sp³-hybridized carbons (Fsp3) is 0. The monoisotopic (exact) mass is 916 g/mol. The third kappa shape index (κ3) is 7.73. The number of para-hydroxylation sites is 2. The Kier molecular flexibility index (Phi) is 10.9. The van der Waals surface area contributed by atoms with Crippen molar-refractivity contribution in [3.63, 3.8) is 0 Å². The van der Waals surface area contributed by atoms with Crippen LogP contribution >= 0.6 is 0 Å². The second-order valence-corrected chi connectivity index (χ2v) is 18.4. The van der Waals surface area contributed by atoms with Crippen molar-refractivity contribution in [2.24, 2.45) is 0 Å². The molecule has 0 aliphatic rings. The first-order valence-electron chi connectivity index (χ1n) is 24.7. The molecule has 0 amide bonds. The van der Waals surface area contributed by atoms with Crippen molar-refractivity contribution < 1.29 is 0 Å². The van der Waals surface area contributed by atoms with Crippen LogP contribution < -0.4 is 4.90 Å². The summed E-state index contributed by atoms with van der Waals surface area (Å²) < 4.78 is 2.37. The Bertz CT molecular complexity index is 4010. The van der Waals surface area contributed by atoms with Crippen LogP contribution in [0.3, 0.4) is 0 Å². The van der Waals surface area contributed by atoms with E-state index in [9.17, 15) is 0 Å². The summed E-state index contributed by atoms with van der Waals surface area (Å²) in [6.07, 6.45) is 0. The van der Waals surface area contributed by atoms with Crippen molar-refractivity contribution in [2.75, 3.05) is 4.90 Å². The fourth-order valence-electron chi connectivity index (χ4n) is 10.8. The molecule has 0 saturated carbocycles. The van der Waals surface area contributed by atoms with Gasteiger partial charge in [0, 0.05) is 33.5 Å². The van der Waals surface area contributed by atoms with E-state index in [2.05, 4.69) is 301 Å². The van der Waals surface area contributed by atoms with Gasteiger partial charge >= 0.3 is 0 Å². The van der Waals surface area contributed by atoms with Crippen molar-refractivity contribution >= 4 is 49.6 Å². The quantitative estimate of drug-likeness (QED) is 0.133. The largest absolute Gasteiger partial charge is 0.310 e. The van der Waals surface area contributed by atoms with Gasteiger partial charge < -0.3 is 9.47 Å². The van der Waals surface area contributed by atoms with Gasteiger partial charge in [0.15, 0.2) is 0 Å². The smallest absolute Gasteiger partial charge is 0.0541 e. The molecule has 0 unspecified atom stereocenters. The van der Waals surface area contributed by atoms with E-state index in [4.69, 9.17) is 0 Å². The lowest BCUT2D eigenvalue weighted by Crippen LogP contribution is -2.10. The molecule has 0 spiro atoms. The van der Waals surface area contributed by atoms with Gasteiger partial charge in [-0.25, -0.2) is 0 Å². The molecule has 0 fully saturated rings. The Hall–Kier alpha value is -9.50. The minimum absolute atomic E-state index is 1.08.